The molecule has 0 spiro atoms. The second-order valence-corrected chi connectivity index (χ2v) is 10.2. The van der Waals surface area contributed by atoms with Gasteiger partial charge in [-0.05, 0) is 54.5 Å². The van der Waals surface area contributed by atoms with Gasteiger partial charge in [0, 0.05) is 55.5 Å². The summed E-state index contributed by atoms with van der Waals surface area (Å²) in [5.41, 5.74) is 8.14. The second-order valence-electron chi connectivity index (χ2n) is 10.2. The predicted molar refractivity (Wildman–Crippen MR) is 142 cm³/mol. The normalized spacial score (nSPS) is 17.0. The summed E-state index contributed by atoms with van der Waals surface area (Å²) in [4.78, 5) is 22.4. The molecule has 0 bridgehead atoms. The van der Waals surface area contributed by atoms with E-state index < -0.39 is 0 Å². The van der Waals surface area contributed by atoms with E-state index in [0.717, 1.165) is 78.8 Å². The molecule has 1 aliphatic heterocycles. The number of hydrogen-bond acceptors (Lipinski definition) is 6. The molecular weight excluding hydrogens is 450 g/mol. The molecule has 0 saturated carbocycles. The number of carbonyl (C=O) groups excluding carboxylic acids is 1. The molecule has 2 aliphatic rings. The van der Waals surface area contributed by atoms with E-state index >= 15 is 0 Å². The number of H-pyrrole nitrogens is 1. The number of piperazine rings is 1. The van der Waals surface area contributed by atoms with Gasteiger partial charge in [-0.3, -0.25) is 19.7 Å². The number of nitrogens with one attached hydrogen (secondary N) is 1. The van der Waals surface area contributed by atoms with Crippen molar-refractivity contribution < 1.29 is 9.90 Å². The van der Waals surface area contributed by atoms with Crippen LogP contribution in [-0.4, -0.2) is 81.7 Å². The summed E-state index contributed by atoms with van der Waals surface area (Å²) in [6.45, 7) is 5.01. The molecule has 0 unspecified atom stereocenters. The molecule has 0 atom stereocenters. The zero-order chi connectivity index (χ0) is 24.5. The van der Waals surface area contributed by atoms with Gasteiger partial charge in [0.05, 0.1) is 36.1 Å². The van der Waals surface area contributed by atoms with Crippen molar-refractivity contribution in [1.82, 2.24) is 25.0 Å². The Hall–Kier alpha value is -3.13. The number of aromatic nitrogens is 3. The highest BCUT2D eigenvalue weighted by molar-refractivity contribution is 6.07. The van der Waals surface area contributed by atoms with E-state index in [4.69, 9.17) is 10.1 Å². The van der Waals surface area contributed by atoms with E-state index in [1.165, 1.54) is 29.4 Å². The molecule has 6 rings (SSSR count). The van der Waals surface area contributed by atoms with E-state index in [9.17, 15) is 4.79 Å². The van der Waals surface area contributed by atoms with Crippen molar-refractivity contribution in [3.8, 4) is 11.3 Å². The van der Waals surface area contributed by atoms with Crippen LogP contribution in [0, 0.1) is 0 Å². The number of fused-ring (bicyclic) bond motifs is 5. The lowest BCUT2D eigenvalue weighted by atomic mass is 9.85. The van der Waals surface area contributed by atoms with Crippen LogP contribution in [0.5, 0.6) is 0 Å². The van der Waals surface area contributed by atoms with Crippen molar-refractivity contribution in [3.63, 3.8) is 0 Å². The summed E-state index contributed by atoms with van der Waals surface area (Å²) in [6.07, 6.45) is 6.90. The molecule has 1 fully saturated rings. The van der Waals surface area contributed by atoms with E-state index in [1.54, 1.807) is 0 Å². The van der Waals surface area contributed by atoms with E-state index in [-0.39, 0.29) is 12.4 Å². The summed E-state index contributed by atoms with van der Waals surface area (Å²) < 4.78 is 0. The number of rotatable bonds is 7. The van der Waals surface area contributed by atoms with Gasteiger partial charge in [0.1, 0.15) is 0 Å². The number of β-amino-alcohol motifs (C(OH)–C–C–N with tert-alkyl or cyclic N) is 1. The molecule has 2 aromatic carbocycles. The lowest BCUT2D eigenvalue weighted by Crippen LogP contribution is -2.48. The number of ketones is 1. The minimum absolute atomic E-state index is 0.195. The first-order chi connectivity index (χ1) is 17.7. The standard InChI is InChI=1S/C29H33N5O2/c35-16-15-33-11-13-34(14-12-33)19-22(36)17-20-5-7-21(8-6-20)29-24-4-2-1-3-23(24)28-25-18-30-32-26(25)9-10-27(28)31-29/h5-10,18,35H,1-4,11-17,19H2,(H,30,32). The number of Topliss-reactive ketones (excluding diaryl/α,β-unsaturated/α-hetero) is 1. The minimum Gasteiger partial charge on any atom is -0.395 e. The number of benzene rings is 2. The maximum absolute atomic E-state index is 12.8. The Balaban J connectivity index is 1.20. The molecule has 0 amide bonds. The first-order valence-electron chi connectivity index (χ1n) is 13.1. The number of nitrogens with zero attached hydrogens (tertiary/aromatic N) is 4. The summed E-state index contributed by atoms with van der Waals surface area (Å²) in [7, 11) is 0. The minimum atomic E-state index is 0.195. The zero-order valence-electron chi connectivity index (χ0n) is 20.7. The largest absolute Gasteiger partial charge is 0.395 e. The number of aliphatic hydroxyl groups is 1. The highest BCUT2D eigenvalue weighted by Crippen LogP contribution is 2.37. The maximum atomic E-state index is 12.8. The molecule has 4 aromatic rings. The number of pyridine rings is 1. The Kier molecular flexibility index (Phi) is 6.52. The van der Waals surface area contributed by atoms with E-state index in [0.29, 0.717) is 13.0 Å². The molecule has 36 heavy (non-hydrogen) atoms. The van der Waals surface area contributed by atoms with Gasteiger partial charge in [0.2, 0.25) is 0 Å². The van der Waals surface area contributed by atoms with Crippen molar-refractivity contribution in [3.05, 3.63) is 59.3 Å². The van der Waals surface area contributed by atoms with Gasteiger partial charge in [-0.15, -0.1) is 0 Å². The Bertz CT molecular complexity index is 1390. The van der Waals surface area contributed by atoms with Crippen molar-refractivity contribution in [2.75, 3.05) is 45.9 Å². The third-order valence-corrected chi connectivity index (χ3v) is 7.80. The lowest BCUT2D eigenvalue weighted by molar-refractivity contribution is -0.120. The molecule has 3 heterocycles. The molecule has 2 N–H and O–H groups in total. The average Bonchev–Trinajstić information content (AvgIpc) is 3.39. The quantitative estimate of drug-likeness (QED) is 0.419. The number of aromatic amines is 1. The third-order valence-electron chi connectivity index (χ3n) is 7.80. The van der Waals surface area contributed by atoms with Gasteiger partial charge in [0.15, 0.2) is 5.78 Å². The Morgan fingerprint density at radius 3 is 2.47 bits per heavy atom. The van der Waals surface area contributed by atoms with Crippen LogP contribution in [0.4, 0.5) is 0 Å². The highest BCUT2D eigenvalue weighted by atomic mass is 16.3. The van der Waals surface area contributed by atoms with Crippen LogP contribution in [-0.2, 0) is 24.1 Å². The van der Waals surface area contributed by atoms with Gasteiger partial charge in [-0.1, -0.05) is 24.3 Å². The van der Waals surface area contributed by atoms with Crippen LogP contribution in [0.2, 0.25) is 0 Å². The smallest absolute Gasteiger partial charge is 0.151 e. The number of aliphatic hydroxyl groups excluding tert-OH is 1. The average molecular weight is 484 g/mol. The fraction of sp³-hybridized carbons (Fsp3) is 0.414. The van der Waals surface area contributed by atoms with E-state index in [1.807, 2.05) is 6.20 Å². The molecule has 0 radical (unpaired) electrons. The van der Waals surface area contributed by atoms with E-state index in [2.05, 4.69) is 56.4 Å². The van der Waals surface area contributed by atoms with Crippen LogP contribution in [0.15, 0.2) is 42.6 Å². The Morgan fingerprint density at radius 2 is 1.69 bits per heavy atom. The Labute approximate surface area is 211 Å². The fourth-order valence-electron chi connectivity index (χ4n) is 5.91. The van der Waals surface area contributed by atoms with Crippen LogP contribution in [0.25, 0.3) is 33.1 Å². The summed E-state index contributed by atoms with van der Waals surface area (Å²) >= 11 is 0. The van der Waals surface area contributed by atoms with Crippen molar-refractivity contribution in [2.45, 2.75) is 32.1 Å². The summed E-state index contributed by atoms with van der Waals surface area (Å²) in [5.74, 6) is 0.253. The molecule has 7 heteroatoms. The van der Waals surface area contributed by atoms with Gasteiger partial charge >= 0.3 is 0 Å². The zero-order valence-corrected chi connectivity index (χ0v) is 20.7. The van der Waals surface area contributed by atoms with Gasteiger partial charge < -0.3 is 5.11 Å². The molecule has 186 valence electrons. The third kappa shape index (κ3) is 4.54. The van der Waals surface area contributed by atoms with Gasteiger partial charge in [-0.25, -0.2) is 4.98 Å². The maximum Gasteiger partial charge on any atom is 0.151 e. The molecule has 1 aliphatic carbocycles. The SMILES string of the molecule is O=C(Cc1ccc(-c2nc3ccc4[nH]ncc4c3c3c2CCCC3)cc1)CN1CCN(CCO)CC1. The topological polar surface area (TPSA) is 85.4 Å². The predicted octanol–water partition coefficient (Wildman–Crippen LogP) is 3.38. The highest BCUT2D eigenvalue weighted by Gasteiger charge is 2.22. The Morgan fingerprint density at radius 1 is 0.944 bits per heavy atom. The number of carbonyl (C=O) groups is 1. The lowest BCUT2D eigenvalue weighted by Gasteiger charge is -2.33. The second kappa shape index (κ2) is 10.1. The first-order valence-corrected chi connectivity index (χ1v) is 13.1. The number of hydrogen-bond donors (Lipinski definition) is 2. The van der Waals surface area contributed by atoms with Crippen LogP contribution in [0.1, 0.15) is 29.5 Å². The van der Waals surface area contributed by atoms with Gasteiger partial charge in [0.25, 0.3) is 0 Å². The van der Waals surface area contributed by atoms with Crippen LogP contribution in [0.3, 0.4) is 0 Å². The first kappa shape index (κ1) is 23.3. The molecule has 1 saturated heterocycles. The molecule has 2 aromatic heterocycles. The fourth-order valence-corrected chi connectivity index (χ4v) is 5.91. The van der Waals surface area contributed by atoms with Crippen molar-refractivity contribution in [2.24, 2.45) is 0 Å². The molecular formula is C29H33N5O2. The van der Waals surface area contributed by atoms with Gasteiger partial charge in [-0.2, -0.15) is 5.10 Å². The van der Waals surface area contributed by atoms with Crippen LogP contribution >= 0.6 is 0 Å². The number of aryl methyl sites for hydroxylation is 1. The van der Waals surface area contributed by atoms with Crippen molar-refractivity contribution >= 4 is 27.6 Å². The summed E-state index contributed by atoms with van der Waals surface area (Å²) in [6, 6.07) is 12.6. The monoisotopic (exact) mass is 483 g/mol. The van der Waals surface area contributed by atoms with Crippen LogP contribution < -0.4 is 0 Å². The molecule has 7 nitrogen and oxygen atoms in total. The summed E-state index contributed by atoms with van der Waals surface area (Å²) in [5, 5.41) is 18.9. The van der Waals surface area contributed by atoms with Crippen molar-refractivity contribution in [1.29, 1.82) is 0 Å².